The molecule has 1 heteroatoms. The maximum Gasteiger partial charge on any atom is -0.0232 e. The van der Waals surface area contributed by atoms with E-state index in [0.29, 0.717) is 0 Å². The van der Waals surface area contributed by atoms with Gasteiger partial charge in [-0.1, -0.05) is 75.6 Å². The van der Waals surface area contributed by atoms with Crippen molar-refractivity contribution in [3.05, 3.63) is 67.0 Å². The van der Waals surface area contributed by atoms with Crippen molar-refractivity contribution in [2.24, 2.45) is 0 Å². The first kappa shape index (κ1) is 9.95. The van der Waals surface area contributed by atoms with E-state index in [1.807, 2.05) is 24.3 Å². The maximum atomic E-state index is 3.60. The third kappa shape index (κ3) is 4.45. The van der Waals surface area contributed by atoms with Crippen LogP contribution in [0.5, 0.6) is 0 Å². The van der Waals surface area contributed by atoms with Crippen molar-refractivity contribution in [2.75, 3.05) is 0 Å². The predicted octanol–water partition coefficient (Wildman–Crippen LogP) is 3.25. The van der Waals surface area contributed by atoms with Crippen LogP contribution in [0.15, 0.2) is 67.0 Å². The van der Waals surface area contributed by atoms with Crippen molar-refractivity contribution in [2.45, 2.75) is 0 Å². The number of hydrogen-bond donors (Lipinski definition) is 0. The lowest BCUT2D eigenvalue weighted by Gasteiger charge is -1.92. The van der Waals surface area contributed by atoms with Gasteiger partial charge in [0.15, 0.2) is 0 Å². The SMILES string of the molecule is C=C/C=C\C=C\Pc1ccccc1. The van der Waals surface area contributed by atoms with Crippen molar-refractivity contribution in [3.8, 4) is 0 Å². The van der Waals surface area contributed by atoms with E-state index in [9.17, 15) is 0 Å². The summed E-state index contributed by atoms with van der Waals surface area (Å²) in [4.78, 5) is 0. The molecule has 0 spiro atoms. The Morgan fingerprint density at radius 1 is 1.00 bits per heavy atom. The van der Waals surface area contributed by atoms with E-state index in [4.69, 9.17) is 0 Å². The fourth-order valence-electron chi connectivity index (χ4n) is 0.877. The van der Waals surface area contributed by atoms with Gasteiger partial charge in [0.25, 0.3) is 0 Å². The Labute approximate surface area is 81.5 Å². The molecule has 1 atom stereocenters. The fourth-order valence-corrected chi connectivity index (χ4v) is 1.66. The van der Waals surface area contributed by atoms with Crippen LogP contribution in [0.2, 0.25) is 0 Å². The van der Waals surface area contributed by atoms with Crippen LogP contribution in [0, 0.1) is 0 Å². The quantitative estimate of drug-likeness (QED) is 0.502. The number of rotatable bonds is 4. The van der Waals surface area contributed by atoms with E-state index in [0.717, 1.165) is 8.58 Å². The van der Waals surface area contributed by atoms with Gasteiger partial charge in [-0.25, -0.2) is 0 Å². The van der Waals surface area contributed by atoms with E-state index in [2.05, 4.69) is 36.7 Å². The van der Waals surface area contributed by atoms with Crippen LogP contribution in [0.1, 0.15) is 0 Å². The van der Waals surface area contributed by atoms with Crippen molar-refractivity contribution in [3.63, 3.8) is 0 Å². The molecule has 1 unspecified atom stereocenters. The molecule has 0 saturated heterocycles. The molecule has 1 aromatic rings. The Morgan fingerprint density at radius 3 is 2.46 bits per heavy atom. The first-order chi connectivity index (χ1) is 6.43. The van der Waals surface area contributed by atoms with Gasteiger partial charge in [0.1, 0.15) is 0 Å². The molecule has 1 aromatic carbocycles. The maximum absolute atomic E-state index is 3.60. The molecule has 0 nitrogen and oxygen atoms in total. The van der Waals surface area contributed by atoms with Crippen LogP contribution < -0.4 is 5.30 Å². The minimum atomic E-state index is 0.750. The molecular weight excluding hydrogens is 175 g/mol. The number of allylic oxidation sites excluding steroid dienone is 4. The zero-order valence-corrected chi connectivity index (χ0v) is 8.48. The Bertz CT molecular complexity index is 296. The van der Waals surface area contributed by atoms with Gasteiger partial charge in [0.05, 0.1) is 0 Å². The van der Waals surface area contributed by atoms with Gasteiger partial charge in [0, 0.05) is 0 Å². The second-order valence-corrected chi connectivity index (χ2v) is 3.69. The van der Waals surface area contributed by atoms with Gasteiger partial charge in [-0.3, -0.25) is 0 Å². The van der Waals surface area contributed by atoms with E-state index in [1.165, 1.54) is 5.30 Å². The Kier molecular flexibility index (Phi) is 4.90. The Balaban J connectivity index is 2.39. The standard InChI is InChI=1S/C12H13P/c1-2-3-4-8-11-13-12-9-6-5-7-10-12/h2-11,13H,1H2/b4-3-,11-8+. The summed E-state index contributed by atoms with van der Waals surface area (Å²) in [6, 6.07) is 10.4. The van der Waals surface area contributed by atoms with E-state index < -0.39 is 0 Å². The first-order valence-corrected chi connectivity index (χ1v) is 5.27. The predicted molar refractivity (Wildman–Crippen MR) is 62.9 cm³/mol. The molecule has 0 bridgehead atoms. The molecule has 0 amide bonds. The highest BCUT2D eigenvalue weighted by atomic mass is 31.1. The smallest absolute Gasteiger partial charge is 0.0232 e. The second kappa shape index (κ2) is 6.39. The normalized spacial score (nSPS) is 12.0. The summed E-state index contributed by atoms with van der Waals surface area (Å²) in [7, 11) is 0.750. The fraction of sp³-hybridized carbons (Fsp3) is 0. The largest absolute Gasteiger partial charge is 0.0991 e. The minimum Gasteiger partial charge on any atom is -0.0991 e. The molecule has 0 fully saturated rings. The van der Waals surface area contributed by atoms with Gasteiger partial charge in [-0.15, -0.1) is 0 Å². The summed E-state index contributed by atoms with van der Waals surface area (Å²) in [5, 5.41) is 1.37. The molecule has 0 aliphatic rings. The molecule has 13 heavy (non-hydrogen) atoms. The lowest BCUT2D eigenvalue weighted by atomic mass is 10.4. The molecule has 0 aliphatic heterocycles. The lowest BCUT2D eigenvalue weighted by molar-refractivity contribution is 1.78. The van der Waals surface area contributed by atoms with Crippen LogP contribution in [0.4, 0.5) is 0 Å². The molecule has 0 aromatic heterocycles. The van der Waals surface area contributed by atoms with Crippen LogP contribution in [-0.4, -0.2) is 0 Å². The average Bonchev–Trinajstić information content (AvgIpc) is 2.19. The molecule has 0 radical (unpaired) electrons. The zero-order chi connectivity index (χ0) is 9.36. The summed E-state index contributed by atoms with van der Waals surface area (Å²) in [6.45, 7) is 3.60. The van der Waals surface area contributed by atoms with E-state index in [-0.39, 0.29) is 0 Å². The van der Waals surface area contributed by atoms with E-state index in [1.54, 1.807) is 6.08 Å². The summed E-state index contributed by atoms with van der Waals surface area (Å²) < 4.78 is 0. The monoisotopic (exact) mass is 188 g/mol. The third-order valence-corrected chi connectivity index (χ3v) is 2.50. The number of benzene rings is 1. The van der Waals surface area contributed by atoms with Crippen LogP contribution in [0.25, 0.3) is 0 Å². The average molecular weight is 188 g/mol. The van der Waals surface area contributed by atoms with Gasteiger partial charge >= 0.3 is 0 Å². The van der Waals surface area contributed by atoms with Gasteiger partial charge in [-0.2, -0.15) is 0 Å². The molecule has 0 N–H and O–H groups in total. The highest BCUT2D eigenvalue weighted by molar-refractivity contribution is 7.50. The summed E-state index contributed by atoms with van der Waals surface area (Å²) >= 11 is 0. The molecule has 0 aliphatic carbocycles. The van der Waals surface area contributed by atoms with Gasteiger partial charge < -0.3 is 0 Å². The lowest BCUT2D eigenvalue weighted by Crippen LogP contribution is -1.87. The molecule has 1 rings (SSSR count). The topological polar surface area (TPSA) is 0 Å². The highest BCUT2D eigenvalue weighted by Gasteiger charge is 1.83. The zero-order valence-electron chi connectivity index (χ0n) is 7.48. The third-order valence-electron chi connectivity index (χ3n) is 1.48. The van der Waals surface area contributed by atoms with Gasteiger partial charge in [0.2, 0.25) is 0 Å². The van der Waals surface area contributed by atoms with E-state index >= 15 is 0 Å². The van der Waals surface area contributed by atoms with Crippen molar-refractivity contribution < 1.29 is 0 Å². The van der Waals surface area contributed by atoms with Crippen LogP contribution in [0.3, 0.4) is 0 Å². The highest BCUT2D eigenvalue weighted by Crippen LogP contribution is 2.10. The van der Waals surface area contributed by atoms with Crippen molar-refractivity contribution in [1.29, 1.82) is 0 Å². The summed E-state index contributed by atoms with van der Waals surface area (Å²) in [5.41, 5.74) is 0. The van der Waals surface area contributed by atoms with Crippen LogP contribution in [-0.2, 0) is 0 Å². The van der Waals surface area contributed by atoms with Gasteiger partial charge in [-0.05, 0) is 5.30 Å². The van der Waals surface area contributed by atoms with Crippen molar-refractivity contribution >= 4 is 13.9 Å². The molecule has 0 saturated carbocycles. The second-order valence-electron chi connectivity index (χ2n) is 2.49. The molecular formula is C12H13P. The molecule has 0 heterocycles. The van der Waals surface area contributed by atoms with Crippen molar-refractivity contribution in [1.82, 2.24) is 0 Å². The van der Waals surface area contributed by atoms with Crippen LogP contribution >= 0.6 is 8.58 Å². The number of hydrogen-bond acceptors (Lipinski definition) is 0. The Hall–Kier alpha value is -1.13. The first-order valence-electron chi connectivity index (χ1n) is 4.19. The minimum absolute atomic E-state index is 0.750. The summed E-state index contributed by atoms with van der Waals surface area (Å²) in [6.07, 6.45) is 7.73. The molecule has 66 valence electrons. The Morgan fingerprint density at radius 2 is 1.77 bits per heavy atom. The summed E-state index contributed by atoms with van der Waals surface area (Å²) in [5.74, 6) is 2.16.